The quantitative estimate of drug-likeness (QED) is 0.381. The van der Waals surface area contributed by atoms with Gasteiger partial charge in [-0.25, -0.2) is 8.78 Å². The molecule has 3 aliphatic rings. The highest BCUT2D eigenvalue weighted by Gasteiger charge is 2.39. The third-order valence-electron chi connectivity index (χ3n) is 8.32. The molecule has 0 aromatic heterocycles. The Kier molecular flexibility index (Phi) is 9.06. The molecule has 4 unspecified atom stereocenters. The van der Waals surface area contributed by atoms with Crippen molar-refractivity contribution in [3.63, 3.8) is 0 Å². The zero-order valence-electron chi connectivity index (χ0n) is 18.4. The van der Waals surface area contributed by atoms with Crippen LogP contribution in [0.3, 0.4) is 0 Å². The second kappa shape index (κ2) is 11.3. The molecule has 0 bridgehead atoms. The van der Waals surface area contributed by atoms with Crippen LogP contribution in [0, 0.1) is 29.6 Å². The number of hydrogen-bond donors (Lipinski definition) is 0. The lowest BCUT2D eigenvalue weighted by Crippen LogP contribution is -2.42. The first-order valence-corrected chi connectivity index (χ1v) is 12.5. The Bertz CT molecular complexity index is 426. The second-order valence-electron chi connectivity index (χ2n) is 10.4. The van der Waals surface area contributed by atoms with Gasteiger partial charge in [0.25, 0.3) is 0 Å². The standard InChI is InChI=1S/C25H44F2O/c1-3-4-5-6-19-8-12-21(13-9-19)22-14-10-20(11-15-22)17-28-23-16-7-18(2)24(26)25(23)27/h18-25H,3-17H2,1-2H3. The van der Waals surface area contributed by atoms with Gasteiger partial charge in [0, 0.05) is 6.61 Å². The average Bonchev–Trinajstić information content (AvgIpc) is 2.73. The number of halogens is 2. The lowest BCUT2D eigenvalue weighted by atomic mass is 9.69. The molecular weight excluding hydrogens is 354 g/mol. The summed E-state index contributed by atoms with van der Waals surface area (Å²) in [5.74, 6) is 3.26. The number of hydrogen-bond acceptors (Lipinski definition) is 1. The molecule has 3 heteroatoms. The summed E-state index contributed by atoms with van der Waals surface area (Å²) in [6.07, 6.45) is 14.7. The van der Waals surface area contributed by atoms with Crippen LogP contribution in [-0.4, -0.2) is 25.1 Å². The first-order chi connectivity index (χ1) is 13.6. The van der Waals surface area contributed by atoms with Gasteiger partial charge in [-0.15, -0.1) is 0 Å². The summed E-state index contributed by atoms with van der Waals surface area (Å²) in [5.41, 5.74) is 0. The summed E-state index contributed by atoms with van der Waals surface area (Å²) in [6, 6.07) is 0. The summed E-state index contributed by atoms with van der Waals surface area (Å²) < 4.78 is 34.0. The zero-order chi connectivity index (χ0) is 19.9. The molecule has 3 aliphatic carbocycles. The van der Waals surface area contributed by atoms with Crippen molar-refractivity contribution in [2.24, 2.45) is 29.6 Å². The lowest BCUT2D eigenvalue weighted by molar-refractivity contribution is -0.0840. The molecule has 0 radical (unpaired) electrons. The SMILES string of the molecule is CCCCCC1CCC(C2CCC(COC3CCC(C)C(F)C3F)CC2)CC1. The molecule has 0 spiro atoms. The van der Waals surface area contributed by atoms with E-state index in [2.05, 4.69) is 6.92 Å². The van der Waals surface area contributed by atoms with Crippen LogP contribution < -0.4 is 0 Å². The van der Waals surface area contributed by atoms with Gasteiger partial charge in [0.1, 0.15) is 6.17 Å². The van der Waals surface area contributed by atoms with Crippen molar-refractivity contribution in [1.29, 1.82) is 0 Å². The molecule has 0 aliphatic heterocycles. The van der Waals surface area contributed by atoms with E-state index in [-0.39, 0.29) is 5.92 Å². The van der Waals surface area contributed by atoms with Crippen LogP contribution in [0.5, 0.6) is 0 Å². The molecule has 0 aromatic carbocycles. The zero-order valence-corrected chi connectivity index (χ0v) is 18.4. The van der Waals surface area contributed by atoms with Crippen molar-refractivity contribution in [1.82, 2.24) is 0 Å². The highest BCUT2D eigenvalue weighted by atomic mass is 19.2. The van der Waals surface area contributed by atoms with Crippen LogP contribution in [0.1, 0.15) is 104 Å². The van der Waals surface area contributed by atoms with Gasteiger partial charge in [0.15, 0.2) is 6.17 Å². The predicted octanol–water partition coefficient (Wildman–Crippen LogP) is 7.67. The summed E-state index contributed by atoms with van der Waals surface area (Å²) in [4.78, 5) is 0. The van der Waals surface area contributed by atoms with E-state index in [0.717, 1.165) is 24.2 Å². The smallest absolute Gasteiger partial charge is 0.157 e. The number of alkyl halides is 2. The fourth-order valence-corrected chi connectivity index (χ4v) is 6.16. The van der Waals surface area contributed by atoms with Crippen molar-refractivity contribution in [3.8, 4) is 0 Å². The van der Waals surface area contributed by atoms with Crippen molar-refractivity contribution < 1.29 is 13.5 Å². The van der Waals surface area contributed by atoms with Gasteiger partial charge in [-0.1, -0.05) is 52.4 Å². The summed E-state index contributed by atoms with van der Waals surface area (Å²) in [7, 11) is 0. The van der Waals surface area contributed by atoms with Gasteiger partial charge in [-0.3, -0.25) is 0 Å². The van der Waals surface area contributed by atoms with Gasteiger partial charge in [-0.05, 0) is 81.0 Å². The Hall–Kier alpha value is -0.180. The molecule has 28 heavy (non-hydrogen) atoms. The summed E-state index contributed by atoms with van der Waals surface area (Å²) in [6.45, 7) is 4.75. The summed E-state index contributed by atoms with van der Waals surface area (Å²) >= 11 is 0. The normalized spacial score (nSPS) is 42.4. The Balaban J connectivity index is 1.31. The van der Waals surface area contributed by atoms with E-state index < -0.39 is 18.4 Å². The Labute approximate surface area is 172 Å². The molecule has 1 nitrogen and oxygen atoms in total. The third-order valence-corrected chi connectivity index (χ3v) is 8.32. The van der Waals surface area contributed by atoms with E-state index in [1.165, 1.54) is 77.0 Å². The van der Waals surface area contributed by atoms with E-state index in [0.29, 0.717) is 18.9 Å². The van der Waals surface area contributed by atoms with Crippen molar-refractivity contribution >= 4 is 0 Å². The summed E-state index contributed by atoms with van der Waals surface area (Å²) in [5, 5.41) is 0. The van der Waals surface area contributed by atoms with E-state index in [9.17, 15) is 8.78 Å². The van der Waals surface area contributed by atoms with E-state index in [1.54, 1.807) is 0 Å². The topological polar surface area (TPSA) is 9.23 Å². The minimum atomic E-state index is -1.42. The van der Waals surface area contributed by atoms with Gasteiger partial charge >= 0.3 is 0 Å². The molecule has 0 saturated heterocycles. The molecule has 0 amide bonds. The van der Waals surface area contributed by atoms with Gasteiger partial charge in [0.05, 0.1) is 6.10 Å². The Morgan fingerprint density at radius 3 is 1.93 bits per heavy atom. The number of unbranched alkanes of at least 4 members (excludes halogenated alkanes) is 2. The van der Waals surface area contributed by atoms with Gasteiger partial charge < -0.3 is 4.74 Å². The second-order valence-corrected chi connectivity index (χ2v) is 10.4. The van der Waals surface area contributed by atoms with Crippen molar-refractivity contribution in [2.75, 3.05) is 6.61 Å². The van der Waals surface area contributed by atoms with Crippen LogP contribution in [0.2, 0.25) is 0 Å². The maximum atomic E-state index is 14.2. The Morgan fingerprint density at radius 1 is 0.714 bits per heavy atom. The van der Waals surface area contributed by atoms with Crippen LogP contribution in [0.25, 0.3) is 0 Å². The largest absolute Gasteiger partial charge is 0.375 e. The van der Waals surface area contributed by atoms with Crippen LogP contribution in [0.4, 0.5) is 8.78 Å². The van der Waals surface area contributed by atoms with Crippen LogP contribution in [0.15, 0.2) is 0 Å². The first-order valence-electron chi connectivity index (χ1n) is 12.5. The third kappa shape index (κ3) is 6.16. The fourth-order valence-electron chi connectivity index (χ4n) is 6.16. The minimum Gasteiger partial charge on any atom is -0.375 e. The molecule has 3 saturated carbocycles. The predicted molar refractivity (Wildman–Crippen MR) is 113 cm³/mol. The first kappa shape index (κ1) is 22.5. The highest BCUT2D eigenvalue weighted by Crippen LogP contribution is 2.42. The van der Waals surface area contributed by atoms with E-state index in [1.807, 2.05) is 6.92 Å². The average molecular weight is 399 g/mol. The van der Waals surface area contributed by atoms with E-state index in [4.69, 9.17) is 4.74 Å². The maximum Gasteiger partial charge on any atom is 0.157 e. The number of ether oxygens (including phenoxy) is 1. The molecule has 0 aromatic rings. The number of rotatable bonds is 8. The monoisotopic (exact) mass is 398 g/mol. The molecule has 0 heterocycles. The van der Waals surface area contributed by atoms with Crippen LogP contribution >= 0.6 is 0 Å². The van der Waals surface area contributed by atoms with Crippen LogP contribution in [-0.2, 0) is 4.74 Å². The van der Waals surface area contributed by atoms with Gasteiger partial charge in [0.2, 0.25) is 0 Å². The molecule has 3 fully saturated rings. The lowest BCUT2D eigenvalue weighted by Gasteiger charge is -2.38. The van der Waals surface area contributed by atoms with Crippen molar-refractivity contribution in [3.05, 3.63) is 0 Å². The maximum absolute atomic E-state index is 14.2. The van der Waals surface area contributed by atoms with E-state index >= 15 is 0 Å². The Morgan fingerprint density at radius 2 is 1.32 bits per heavy atom. The molecular formula is C25H44F2O. The molecule has 0 N–H and O–H groups in total. The molecule has 164 valence electrons. The fraction of sp³-hybridized carbons (Fsp3) is 1.00. The van der Waals surface area contributed by atoms with Crippen molar-refractivity contribution in [2.45, 2.75) is 122 Å². The minimum absolute atomic E-state index is 0.160. The highest BCUT2D eigenvalue weighted by molar-refractivity contribution is 4.88. The van der Waals surface area contributed by atoms with Gasteiger partial charge in [-0.2, -0.15) is 0 Å². The molecule has 4 atom stereocenters. The molecule has 3 rings (SSSR count).